The zero-order valence-electron chi connectivity index (χ0n) is 16.3. The lowest BCUT2D eigenvalue weighted by Gasteiger charge is -2.51. The van der Waals surface area contributed by atoms with Crippen LogP contribution in [0.2, 0.25) is 0 Å². The van der Waals surface area contributed by atoms with Crippen molar-refractivity contribution >= 4 is 30.7 Å². The Morgan fingerprint density at radius 3 is 2.46 bits per heavy atom. The minimum Gasteiger partial charge on any atom is -0.454 e. The highest BCUT2D eigenvalue weighted by molar-refractivity contribution is 5.86. The third kappa shape index (κ3) is 3.24. The van der Waals surface area contributed by atoms with Gasteiger partial charge >= 0.3 is 0 Å². The molecule has 5 aliphatic heterocycles. The number of benzene rings is 1. The number of carbonyl (C=O) groups is 1. The molecule has 6 rings (SSSR count). The number of rotatable bonds is 2. The molecule has 6 nitrogen and oxygen atoms in total. The number of ether oxygens (including phenoxy) is 2. The summed E-state index contributed by atoms with van der Waals surface area (Å²) in [4.78, 5) is 17.8. The summed E-state index contributed by atoms with van der Waals surface area (Å²) in [6, 6.07) is 6.91. The smallest absolute Gasteiger partial charge is 0.242 e. The van der Waals surface area contributed by atoms with E-state index in [9.17, 15) is 4.79 Å². The molecule has 0 aliphatic carbocycles. The minimum atomic E-state index is -0.833. The van der Waals surface area contributed by atoms with Crippen LogP contribution in [-0.2, 0) is 4.79 Å². The van der Waals surface area contributed by atoms with Gasteiger partial charge in [0.1, 0.15) is 0 Å². The fourth-order valence-corrected chi connectivity index (χ4v) is 5.46. The number of carbonyl (C=O) groups excluding carboxylic acids is 1. The molecule has 0 radical (unpaired) electrons. The Hall–Kier alpha value is -1.21. The van der Waals surface area contributed by atoms with Crippen molar-refractivity contribution < 1.29 is 14.3 Å². The lowest BCUT2D eigenvalue weighted by atomic mass is 9.75. The fraction of sp³-hybridized carbons (Fsp3) is 0.650. The molecule has 4 fully saturated rings. The van der Waals surface area contributed by atoms with E-state index in [1.807, 2.05) is 19.9 Å². The molecule has 4 saturated heterocycles. The van der Waals surface area contributed by atoms with Crippen molar-refractivity contribution in [3.8, 4) is 11.5 Å². The summed E-state index contributed by atoms with van der Waals surface area (Å²) in [5.74, 6) is 2.59. The van der Waals surface area contributed by atoms with Gasteiger partial charge in [0.25, 0.3) is 0 Å². The van der Waals surface area contributed by atoms with Crippen LogP contribution in [0.1, 0.15) is 38.2 Å². The molecule has 0 saturated carbocycles. The van der Waals surface area contributed by atoms with Gasteiger partial charge in [-0.25, -0.2) is 0 Å². The van der Waals surface area contributed by atoms with E-state index in [2.05, 4.69) is 21.9 Å². The van der Waals surface area contributed by atoms with Gasteiger partial charge in [-0.1, -0.05) is 6.07 Å². The summed E-state index contributed by atoms with van der Waals surface area (Å²) in [5, 5.41) is 0. The van der Waals surface area contributed by atoms with Gasteiger partial charge in [-0.3, -0.25) is 9.69 Å². The largest absolute Gasteiger partial charge is 0.454 e. The van der Waals surface area contributed by atoms with Crippen LogP contribution >= 0.6 is 24.8 Å². The van der Waals surface area contributed by atoms with E-state index in [-0.39, 0.29) is 43.6 Å². The van der Waals surface area contributed by atoms with Crippen LogP contribution < -0.4 is 15.2 Å². The number of fused-ring (bicyclic) bond motifs is 3. The SMILES string of the molecule is CC(C)(N)C(=O)N1C[C@@H](c2ccc3c(c2)OCO3)[C@@H]2[C@H]1C1CCN2CC1.Cl.Cl. The first-order valence-electron chi connectivity index (χ1n) is 9.67. The summed E-state index contributed by atoms with van der Waals surface area (Å²) >= 11 is 0. The number of hydrogen-bond donors (Lipinski definition) is 1. The van der Waals surface area contributed by atoms with Crippen LogP contribution in [0.25, 0.3) is 0 Å². The number of halogens is 2. The second-order valence-electron chi connectivity index (χ2n) is 8.75. The number of nitrogens with two attached hydrogens (primary N) is 1. The maximum Gasteiger partial charge on any atom is 0.242 e. The maximum absolute atomic E-state index is 13.1. The topological polar surface area (TPSA) is 68.0 Å². The standard InChI is InChI=1S/C20H27N3O3.2ClH/c1-20(2,21)19(24)23-10-14(13-3-4-15-16(9-13)26-11-25-15)18-17(23)12-5-7-22(18)8-6-12;;/h3-4,9,12,14,17-18H,5-8,10-11,21H2,1-2H3;2*1H/t14-,17+,18+;;/m0../s1. The van der Waals surface area contributed by atoms with Gasteiger partial charge in [0, 0.05) is 18.5 Å². The molecule has 156 valence electrons. The first kappa shape index (κ1) is 21.5. The molecule has 28 heavy (non-hydrogen) atoms. The first-order valence-corrected chi connectivity index (χ1v) is 9.67. The van der Waals surface area contributed by atoms with Crippen LogP contribution in [-0.4, -0.2) is 59.8 Å². The number of nitrogens with zero attached hydrogens (tertiary/aromatic N) is 2. The van der Waals surface area contributed by atoms with E-state index >= 15 is 0 Å². The molecule has 1 aromatic carbocycles. The van der Waals surface area contributed by atoms with Gasteiger partial charge < -0.3 is 20.1 Å². The van der Waals surface area contributed by atoms with Gasteiger partial charge in [-0.05, 0) is 63.4 Å². The summed E-state index contributed by atoms with van der Waals surface area (Å²) in [5.41, 5.74) is 6.60. The summed E-state index contributed by atoms with van der Waals surface area (Å²) in [6.45, 7) is 6.94. The predicted molar refractivity (Wildman–Crippen MR) is 112 cm³/mol. The van der Waals surface area contributed by atoms with Gasteiger partial charge in [0.15, 0.2) is 11.5 Å². The van der Waals surface area contributed by atoms with Gasteiger partial charge in [0.05, 0.1) is 11.6 Å². The molecule has 2 bridgehead atoms. The Labute approximate surface area is 178 Å². The van der Waals surface area contributed by atoms with Crippen molar-refractivity contribution in [2.75, 3.05) is 26.4 Å². The maximum atomic E-state index is 13.1. The zero-order chi connectivity index (χ0) is 18.1. The molecule has 0 aromatic heterocycles. The zero-order valence-corrected chi connectivity index (χ0v) is 17.9. The third-order valence-corrected chi connectivity index (χ3v) is 6.63. The summed E-state index contributed by atoms with van der Waals surface area (Å²) in [6.07, 6.45) is 2.37. The van der Waals surface area contributed by atoms with E-state index in [1.165, 1.54) is 18.4 Å². The van der Waals surface area contributed by atoms with Crippen molar-refractivity contribution in [3.05, 3.63) is 23.8 Å². The highest BCUT2D eigenvalue weighted by Crippen LogP contribution is 2.48. The molecule has 0 spiro atoms. The normalized spacial score (nSPS) is 32.4. The van der Waals surface area contributed by atoms with Crippen LogP contribution in [0, 0.1) is 5.92 Å². The molecule has 0 unspecified atom stereocenters. The van der Waals surface area contributed by atoms with Crippen molar-refractivity contribution in [2.24, 2.45) is 11.7 Å². The quantitative estimate of drug-likeness (QED) is 0.781. The number of hydrogen-bond acceptors (Lipinski definition) is 5. The van der Waals surface area contributed by atoms with Crippen molar-refractivity contribution in [1.82, 2.24) is 9.80 Å². The van der Waals surface area contributed by atoms with Gasteiger partial charge in [-0.15, -0.1) is 24.8 Å². The molecule has 3 atom stereocenters. The van der Waals surface area contributed by atoms with Crippen LogP contribution in [0.4, 0.5) is 0 Å². The molecule has 5 heterocycles. The van der Waals surface area contributed by atoms with E-state index in [0.29, 0.717) is 17.9 Å². The van der Waals surface area contributed by atoms with Gasteiger partial charge in [0.2, 0.25) is 12.7 Å². The minimum absolute atomic E-state index is 0. The van der Waals surface area contributed by atoms with E-state index < -0.39 is 5.54 Å². The molecule has 1 amide bonds. The molecule has 5 aliphatic rings. The van der Waals surface area contributed by atoms with E-state index in [0.717, 1.165) is 31.1 Å². The number of likely N-dealkylation sites (tertiary alicyclic amines) is 1. The predicted octanol–water partition coefficient (Wildman–Crippen LogP) is 2.38. The first-order chi connectivity index (χ1) is 12.4. The second-order valence-corrected chi connectivity index (χ2v) is 8.75. The Bertz CT molecular complexity index is 747. The average Bonchev–Trinajstić information content (AvgIpc) is 3.26. The molecule has 8 heteroatoms. The van der Waals surface area contributed by atoms with E-state index in [4.69, 9.17) is 15.2 Å². The molecule has 1 aromatic rings. The number of amides is 1. The summed E-state index contributed by atoms with van der Waals surface area (Å²) < 4.78 is 11.1. The Balaban J connectivity index is 0.00000112. The van der Waals surface area contributed by atoms with Crippen LogP contribution in [0.3, 0.4) is 0 Å². The number of piperidine rings is 3. The average molecular weight is 430 g/mol. The van der Waals surface area contributed by atoms with Crippen molar-refractivity contribution in [3.63, 3.8) is 0 Å². The molecule has 2 N–H and O–H groups in total. The van der Waals surface area contributed by atoms with Gasteiger partial charge in [-0.2, -0.15) is 0 Å². The second kappa shape index (κ2) is 7.56. The Morgan fingerprint density at radius 2 is 1.79 bits per heavy atom. The Kier molecular flexibility index (Phi) is 5.80. The highest BCUT2D eigenvalue weighted by atomic mass is 35.5. The van der Waals surface area contributed by atoms with E-state index in [1.54, 1.807) is 0 Å². The van der Waals surface area contributed by atoms with Crippen molar-refractivity contribution in [2.45, 2.75) is 50.2 Å². The van der Waals surface area contributed by atoms with Crippen LogP contribution in [0.5, 0.6) is 11.5 Å². The third-order valence-electron chi connectivity index (χ3n) is 6.63. The van der Waals surface area contributed by atoms with Crippen LogP contribution in [0.15, 0.2) is 18.2 Å². The molecular weight excluding hydrogens is 401 g/mol. The lowest BCUT2D eigenvalue weighted by molar-refractivity contribution is -0.140. The Morgan fingerprint density at radius 1 is 1.11 bits per heavy atom. The fourth-order valence-electron chi connectivity index (χ4n) is 5.46. The highest BCUT2D eigenvalue weighted by Gasteiger charge is 2.55. The van der Waals surface area contributed by atoms with Crippen molar-refractivity contribution in [1.29, 1.82) is 0 Å². The monoisotopic (exact) mass is 429 g/mol. The summed E-state index contributed by atoms with van der Waals surface area (Å²) in [7, 11) is 0. The lowest BCUT2D eigenvalue weighted by Crippen LogP contribution is -2.63. The molecular formula is C20H29Cl2N3O3.